The average molecular weight is 442 g/mol. The van der Waals surface area contributed by atoms with Crippen molar-refractivity contribution in [2.75, 3.05) is 18.5 Å². The van der Waals surface area contributed by atoms with Gasteiger partial charge in [0.25, 0.3) is 5.91 Å². The van der Waals surface area contributed by atoms with Crippen LogP contribution in [0.2, 0.25) is 0 Å². The summed E-state index contributed by atoms with van der Waals surface area (Å²) in [6.45, 7) is 5.07. The van der Waals surface area contributed by atoms with E-state index in [-0.39, 0.29) is 31.0 Å². The SMILES string of the molecule is CCOc1cc(CNC(C)c2ccccn2)ccc1OCC(=O)Nc1ccccc1.Cl. The Bertz CT molecular complexity index is 939. The predicted octanol–water partition coefficient (Wildman–Crippen LogP) is 4.77. The summed E-state index contributed by atoms with van der Waals surface area (Å²) in [4.78, 5) is 16.5. The predicted molar refractivity (Wildman–Crippen MR) is 125 cm³/mol. The Morgan fingerprint density at radius 2 is 1.77 bits per heavy atom. The molecule has 1 heterocycles. The number of halogens is 1. The summed E-state index contributed by atoms with van der Waals surface area (Å²) in [5, 5.41) is 6.26. The third-order valence-corrected chi connectivity index (χ3v) is 4.47. The number of nitrogens with one attached hydrogen (secondary N) is 2. The van der Waals surface area contributed by atoms with Gasteiger partial charge in [-0.05, 0) is 55.8 Å². The van der Waals surface area contributed by atoms with Crippen molar-refractivity contribution in [3.63, 3.8) is 0 Å². The van der Waals surface area contributed by atoms with Crippen LogP contribution in [0.15, 0.2) is 72.9 Å². The number of aromatic nitrogens is 1. The van der Waals surface area contributed by atoms with Crippen molar-refractivity contribution in [2.45, 2.75) is 26.4 Å². The number of carbonyl (C=O) groups excluding carboxylic acids is 1. The number of nitrogens with zero attached hydrogens (tertiary/aromatic N) is 1. The number of anilines is 1. The normalized spacial score (nSPS) is 11.2. The van der Waals surface area contributed by atoms with Gasteiger partial charge in [0.1, 0.15) is 0 Å². The first-order valence-corrected chi connectivity index (χ1v) is 10.0. The number of para-hydroxylation sites is 1. The molecule has 1 aromatic heterocycles. The highest BCUT2D eigenvalue weighted by molar-refractivity contribution is 5.91. The Morgan fingerprint density at radius 3 is 2.48 bits per heavy atom. The lowest BCUT2D eigenvalue weighted by Gasteiger charge is -2.16. The van der Waals surface area contributed by atoms with Gasteiger partial charge < -0.3 is 20.1 Å². The zero-order valence-corrected chi connectivity index (χ0v) is 18.5. The van der Waals surface area contributed by atoms with Crippen LogP contribution < -0.4 is 20.1 Å². The first-order valence-electron chi connectivity index (χ1n) is 10.0. The maximum absolute atomic E-state index is 12.1. The lowest BCUT2D eigenvalue weighted by molar-refractivity contribution is -0.118. The molecule has 0 aliphatic heterocycles. The number of rotatable bonds is 10. The maximum Gasteiger partial charge on any atom is 0.262 e. The van der Waals surface area contributed by atoms with Crippen molar-refractivity contribution in [3.05, 3.63) is 84.2 Å². The summed E-state index contributed by atoms with van der Waals surface area (Å²) in [6, 6.07) is 21.0. The molecule has 2 N–H and O–H groups in total. The highest BCUT2D eigenvalue weighted by Crippen LogP contribution is 2.29. The van der Waals surface area contributed by atoms with Gasteiger partial charge in [-0.1, -0.05) is 30.3 Å². The molecule has 0 fully saturated rings. The fraction of sp³-hybridized carbons (Fsp3) is 0.250. The number of carbonyl (C=O) groups is 1. The van der Waals surface area contributed by atoms with Crippen molar-refractivity contribution >= 4 is 24.0 Å². The Hall–Kier alpha value is -3.09. The number of hydrogen-bond donors (Lipinski definition) is 2. The van der Waals surface area contributed by atoms with Gasteiger partial charge in [0.2, 0.25) is 0 Å². The van der Waals surface area contributed by atoms with Crippen LogP contribution in [0.25, 0.3) is 0 Å². The van der Waals surface area contributed by atoms with E-state index in [1.165, 1.54) is 0 Å². The quantitative estimate of drug-likeness (QED) is 0.474. The Balaban J connectivity index is 0.00000341. The second kappa shape index (κ2) is 12.6. The molecule has 164 valence electrons. The van der Waals surface area contributed by atoms with E-state index < -0.39 is 0 Å². The van der Waals surface area contributed by atoms with E-state index in [1.54, 1.807) is 6.20 Å². The molecule has 6 nitrogen and oxygen atoms in total. The Labute approximate surface area is 189 Å². The minimum atomic E-state index is -0.224. The number of ether oxygens (including phenoxy) is 2. The fourth-order valence-corrected chi connectivity index (χ4v) is 2.92. The lowest BCUT2D eigenvalue weighted by atomic mass is 10.1. The molecule has 0 saturated carbocycles. The molecule has 0 bridgehead atoms. The maximum atomic E-state index is 12.1. The van der Waals surface area contributed by atoms with Gasteiger partial charge in [-0.2, -0.15) is 0 Å². The van der Waals surface area contributed by atoms with Gasteiger partial charge in [0, 0.05) is 24.5 Å². The number of amides is 1. The van der Waals surface area contributed by atoms with Gasteiger partial charge in [-0.15, -0.1) is 12.4 Å². The van der Waals surface area contributed by atoms with Crippen LogP contribution in [0.1, 0.15) is 31.1 Å². The molecular weight excluding hydrogens is 414 g/mol. The number of benzene rings is 2. The largest absolute Gasteiger partial charge is 0.490 e. The van der Waals surface area contributed by atoms with Crippen LogP contribution >= 0.6 is 12.4 Å². The first-order chi connectivity index (χ1) is 14.7. The van der Waals surface area contributed by atoms with E-state index in [0.29, 0.717) is 24.7 Å². The topological polar surface area (TPSA) is 72.5 Å². The van der Waals surface area contributed by atoms with Gasteiger partial charge >= 0.3 is 0 Å². The monoisotopic (exact) mass is 441 g/mol. The van der Waals surface area contributed by atoms with Crippen LogP contribution in [0, 0.1) is 0 Å². The average Bonchev–Trinajstić information content (AvgIpc) is 2.78. The smallest absolute Gasteiger partial charge is 0.262 e. The van der Waals surface area contributed by atoms with Crippen molar-refractivity contribution in [2.24, 2.45) is 0 Å². The van der Waals surface area contributed by atoms with Crippen LogP contribution in [0.3, 0.4) is 0 Å². The molecule has 3 rings (SSSR count). The van der Waals surface area contributed by atoms with Crippen molar-refractivity contribution in [3.8, 4) is 11.5 Å². The molecular formula is C24H28ClN3O3. The van der Waals surface area contributed by atoms with E-state index in [1.807, 2.05) is 73.7 Å². The Morgan fingerprint density at radius 1 is 1.00 bits per heavy atom. The molecule has 0 aliphatic carbocycles. The summed E-state index contributed by atoms with van der Waals surface area (Å²) in [5.41, 5.74) is 2.79. The fourth-order valence-electron chi connectivity index (χ4n) is 2.92. The molecule has 1 atom stereocenters. The molecule has 31 heavy (non-hydrogen) atoms. The van der Waals surface area contributed by atoms with Crippen LogP contribution in [-0.2, 0) is 11.3 Å². The highest BCUT2D eigenvalue weighted by Gasteiger charge is 2.11. The molecule has 1 unspecified atom stereocenters. The third kappa shape index (κ3) is 7.59. The van der Waals surface area contributed by atoms with Crippen LogP contribution in [0.5, 0.6) is 11.5 Å². The highest BCUT2D eigenvalue weighted by atomic mass is 35.5. The summed E-state index contributed by atoms with van der Waals surface area (Å²) < 4.78 is 11.4. The molecule has 0 spiro atoms. The first kappa shape index (κ1) is 24.2. The standard InChI is InChI=1S/C24H27N3O3.ClH/c1-3-29-23-15-19(16-26-18(2)21-11-7-8-14-25-21)12-13-22(23)30-17-24(28)27-20-9-5-4-6-10-20;/h4-15,18,26H,3,16-17H2,1-2H3,(H,27,28);1H. The third-order valence-electron chi connectivity index (χ3n) is 4.47. The number of hydrogen-bond acceptors (Lipinski definition) is 5. The van der Waals surface area contributed by atoms with E-state index in [4.69, 9.17) is 9.47 Å². The zero-order valence-electron chi connectivity index (χ0n) is 17.7. The van der Waals surface area contributed by atoms with E-state index >= 15 is 0 Å². The second-order valence-corrected chi connectivity index (χ2v) is 6.77. The van der Waals surface area contributed by atoms with E-state index in [0.717, 1.165) is 16.9 Å². The Kier molecular flexibility index (Phi) is 9.81. The van der Waals surface area contributed by atoms with Crippen molar-refractivity contribution < 1.29 is 14.3 Å². The second-order valence-electron chi connectivity index (χ2n) is 6.77. The van der Waals surface area contributed by atoms with Gasteiger partial charge in [-0.3, -0.25) is 9.78 Å². The van der Waals surface area contributed by atoms with E-state index in [2.05, 4.69) is 22.5 Å². The van der Waals surface area contributed by atoms with E-state index in [9.17, 15) is 4.79 Å². The minimum absolute atomic E-state index is 0. The summed E-state index contributed by atoms with van der Waals surface area (Å²) in [6.07, 6.45) is 1.79. The number of pyridine rings is 1. The zero-order chi connectivity index (χ0) is 21.2. The minimum Gasteiger partial charge on any atom is -0.490 e. The summed E-state index contributed by atoms with van der Waals surface area (Å²) >= 11 is 0. The molecule has 3 aromatic rings. The molecule has 1 amide bonds. The van der Waals surface area contributed by atoms with Crippen LogP contribution in [0.4, 0.5) is 5.69 Å². The summed E-state index contributed by atoms with van der Waals surface area (Å²) in [7, 11) is 0. The van der Waals surface area contributed by atoms with Crippen LogP contribution in [-0.4, -0.2) is 24.1 Å². The van der Waals surface area contributed by atoms with Crippen molar-refractivity contribution in [1.29, 1.82) is 0 Å². The molecule has 0 aliphatic rings. The van der Waals surface area contributed by atoms with Crippen molar-refractivity contribution in [1.82, 2.24) is 10.3 Å². The van der Waals surface area contributed by atoms with Gasteiger partial charge in [0.05, 0.1) is 12.3 Å². The van der Waals surface area contributed by atoms with Gasteiger partial charge in [-0.25, -0.2) is 0 Å². The lowest BCUT2D eigenvalue weighted by Crippen LogP contribution is -2.20. The van der Waals surface area contributed by atoms with Gasteiger partial charge in [0.15, 0.2) is 18.1 Å². The molecule has 0 radical (unpaired) electrons. The summed E-state index contributed by atoms with van der Waals surface area (Å²) in [5.74, 6) is 0.940. The molecule has 7 heteroatoms. The molecule has 2 aromatic carbocycles. The molecule has 0 saturated heterocycles.